The van der Waals surface area contributed by atoms with Crippen LogP contribution in [0.25, 0.3) is 0 Å². The lowest BCUT2D eigenvalue weighted by atomic mass is 10.00. The average Bonchev–Trinajstić information content (AvgIpc) is 2.92. The number of nitrogens with zero attached hydrogens (tertiary/aromatic N) is 4. The van der Waals surface area contributed by atoms with E-state index < -0.39 is 0 Å². The lowest BCUT2D eigenvalue weighted by Crippen LogP contribution is -2.38. The van der Waals surface area contributed by atoms with Gasteiger partial charge in [0.15, 0.2) is 0 Å². The van der Waals surface area contributed by atoms with E-state index in [1.807, 2.05) is 24.0 Å². The molecule has 2 aromatic rings. The maximum atomic E-state index is 12.6. The Morgan fingerprint density at radius 2 is 2.09 bits per heavy atom. The lowest BCUT2D eigenvalue weighted by molar-refractivity contribution is -0.133. The third-order valence-electron chi connectivity index (χ3n) is 4.42. The maximum absolute atomic E-state index is 12.6. The molecule has 23 heavy (non-hydrogen) atoms. The first-order valence-corrected chi connectivity index (χ1v) is 8.03. The third-order valence-corrected chi connectivity index (χ3v) is 4.42. The second-order valence-electron chi connectivity index (χ2n) is 5.94. The molecule has 1 N–H and O–H groups in total. The van der Waals surface area contributed by atoms with Crippen molar-refractivity contribution in [2.75, 3.05) is 13.2 Å². The number of aryl methyl sites for hydroxylation is 1. The molecule has 3 rings (SSSR count). The monoisotopic (exact) mass is 314 g/mol. The van der Waals surface area contributed by atoms with Crippen LogP contribution >= 0.6 is 0 Å². The molecule has 6 nitrogen and oxygen atoms in total. The summed E-state index contributed by atoms with van der Waals surface area (Å²) in [5.74, 6) is 0.0706. The Balaban J connectivity index is 1.65. The Kier molecular flexibility index (Phi) is 4.71. The molecule has 0 atom stereocenters. The highest BCUT2D eigenvalue weighted by Gasteiger charge is 2.21. The molecule has 1 aliphatic heterocycles. The number of carbonyl (C=O) groups is 1. The first-order valence-electron chi connectivity index (χ1n) is 8.03. The molecule has 0 fully saturated rings. The smallest absolute Gasteiger partial charge is 0.244 e. The van der Waals surface area contributed by atoms with Crippen LogP contribution in [0.5, 0.6) is 0 Å². The second kappa shape index (κ2) is 6.91. The molecule has 0 aliphatic carbocycles. The van der Waals surface area contributed by atoms with Crippen LogP contribution in [0.4, 0.5) is 0 Å². The fourth-order valence-corrected chi connectivity index (χ4v) is 2.96. The summed E-state index contributed by atoms with van der Waals surface area (Å²) in [4.78, 5) is 14.4. The molecule has 0 unspecified atom stereocenters. The Bertz CT molecular complexity index is 696. The highest BCUT2D eigenvalue weighted by molar-refractivity contribution is 5.76. The van der Waals surface area contributed by atoms with Gasteiger partial charge in [0, 0.05) is 19.7 Å². The number of aliphatic hydroxyl groups is 1. The Hall–Kier alpha value is -2.21. The fraction of sp³-hybridized carbons (Fsp3) is 0.471. The van der Waals surface area contributed by atoms with Gasteiger partial charge in [-0.3, -0.25) is 4.79 Å². The van der Waals surface area contributed by atoms with Crippen LogP contribution in [0.15, 0.2) is 24.3 Å². The van der Waals surface area contributed by atoms with Crippen LogP contribution in [0.3, 0.4) is 0 Å². The van der Waals surface area contributed by atoms with Crippen LogP contribution in [0.2, 0.25) is 0 Å². The van der Waals surface area contributed by atoms with Gasteiger partial charge in [-0.15, -0.1) is 5.10 Å². The van der Waals surface area contributed by atoms with Crippen molar-refractivity contribution in [3.05, 3.63) is 46.8 Å². The minimum atomic E-state index is 0.0706. The number of fused-ring (bicyclic) bond motifs is 1. The normalized spacial score (nSPS) is 13.9. The van der Waals surface area contributed by atoms with Crippen LogP contribution < -0.4 is 0 Å². The van der Waals surface area contributed by atoms with Gasteiger partial charge < -0.3 is 10.0 Å². The van der Waals surface area contributed by atoms with Crippen molar-refractivity contribution in [1.82, 2.24) is 19.9 Å². The molecule has 2 heterocycles. The summed E-state index contributed by atoms with van der Waals surface area (Å²) >= 11 is 0. The molecule has 1 aromatic carbocycles. The molecule has 0 saturated heterocycles. The number of hydrogen-bond donors (Lipinski definition) is 1. The predicted molar refractivity (Wildman–Crippen MR) is 85.7 cm³/mol. The molecular formula is C17H22N4O2. The fourth-order valence-electron chi connectivity index (χ4n) is 2.96. The molecule has 1 aliphatic rings. The van der Waals surface area contributed by atoms with E-state index in [0.29, 0.717) is 19.4 Å². The molecule has 0 saturated carbocycles. The van der Waals surface area contributed by atoms with E-state index in [1.165, 1.54) is 11.1 Å². The highest BCUT2D eigenvalue weighted by Crippen LogP contribution is 2.19. The van der Waals surface area contributed by atoms with Crippen molar-refractivity contribution in [2.24, 2.45) is 0 Å². The quantitative estimate of drug-likeness (QED) is 0.897. The molecular weight excluding hydrogens is 292 g/mol. The summed E-state index contributed by atoms with van der Waals surface area (Å²) in [6, 6.07) is 8.28. The van der Waals surface area contributed by atoms with Gasteiger partial charge in [0.2, 0.25) is 5.91 Å². The molecule has 0 bridgehead atoms. The van der Waals surface area contributed by atoms with E-state index in [0.717, 1.165) is 24.4 Å². The molecule has 1 aromatic heterocycles. The third kappa shape index (κ3) is 3.42. The minimum absolute atomic E-state index is 0.0706. The number of carbonyl (C=O) groups excluding carboxylic acids is 1. The Morgan fingerprint density at radius 3 is 2.87 bits per heavy atom. The molecule has 0 radical (unpaired) electrons. The number of aromatic nitrogens is 3. The van der Waals surface area contributed by atoms with Crippen molar-refractivity contribution in [3.63, 3.8) is 0 Å². The van der Waals surface area contributed by atoms with Crippen LogP contribution in [0.1, 0.15) is 28.9 Å². The van der Waals surface area contributed by atoms with E-state index in [2.05, 4.69) is 22.4 Å². The van der Waals surface area contributed by atoms with Crippen molar-refractivity contribution in [3.8, 4) is 0 Å². The largest absolute Gasteiger partial charge is 0.396 e. The van der Waals surface area contributed by atoms with Crippen molar-refractivity contribution in [2.45, 2.75) is 39.3 Å². The number of aliphatic hydroxyl groups excluding tert-OH is 1. The van der Waals surface area contributed by atoms with Crippen molar-refractivity contribution < 1.29 is 9.90 Å². The zero-order valence-corrected chi connectivity index (χ0v) is 13.4. The van der Waals surface area contributed by atoms with Gasteiger partial charge in [0.05, 0.1) is 11.4 Å². The van der Waals surface area contributed by atoms with Gasteiger partial charge >= 0.3 is 0 Å². The topological polar surface area (TPSA) is 71.2 Å². The highest BCUT2D eigenvalue weighted by atomic mass is 16.3. The summed E-state index contributed by atoms with van der Waals surface area (Å²) in [7, 11) is 0. The van der Waals surface area contributed by atoms with E-state index >= 15 is 0 Å². The van der Waals surface area contributed by atoms with Gasteiger partial charge in [-0.2, -0.15) is 0 Å². The van der Waals surface area contributed by atoms with E-state index in [-0.39, 0.29) is 19.1 Å². The van der Waals surface area contributed by atoms with Crippen molar-refractivity contribution >= 4 is 5.91 Å². The number of benzene rings is 1. The Morgan fingerprint density at radius 1 is 1.30 bits per heavy atom. The summed E-state index contributed by atoms with van der Waals surface area (Å²) in [6.07, 6.45) is 2.25. The first kappa shape index (κ1) is 15.7. The second-order valence-corrected chi connectivity index (χ2v) is 5.94. The summed E-state index contributed by atoms with van der Waals surface area (Å²) in [6.45, 7) is 3.70. The van der Waals surface area contributed by atoms with Crippen LogP contribution in [0, 0.1) is 6.92 Å². The van der Waals surface area contributed by atoms with Crippen molar-refractivity contribution in [1.29, 1.82) is 0 Å². The lowest BCUT2D eigenvalue weighted by Gasteiger charge is -2.28. The molecule has 6 heteroatoms. The molecule has 0 spiro atoms. The zero-order valence-electron chi connectivity index (χ0n) is 13.4. The van der Waals surface area contributed by atoms with Gasteiger partial charge in [-0.05, 0) is 37.3 Å². The first-order chi connectivity index (χ1) is 11.2. The van der Waals surface area contributed by atoms with Crippen LogP contribution in [-0.2, 0) is 30.7 Å². The van der Waals surface area contributed by atoms with Gasteiger partial charge in [0.25, 0.3) is 0 Å². The molecule has 1 amide bonds. The van der Waals surface area contributed by atoms with E-state index in [4.69, 9.17) is 5.11 Å². The SMILES string of the molecule is Cc1c(CCCO)nnn1CC(=O)N1CCc2ccccc2C1. The Labute approximate surface area is 135 Å². The van der Waals surface area contributed by atoms with Crippen LogP contribution in [-0.4, -0.2) is 44.1 Å². The van der Waals surface area contributed by atoms with Gasteiger partial charge in [-0.25, -0.2) is 4.68 Å². The summed E-state index contributed by atoms with van der Waals surface area (Å²) in [5.41, 5.74) is 4.32. The number of hydrogen-bond acceptors (Lipinski definition) is 4. The van der Waals surface area contributed by atoms with Gasteiger partial charge in [-0.1, -0.05) is 29.5 Å². The van der Waals surface area contributed by atoms with Gasteiger partial charge in [0.1, 0.15) is 6.54 Å². The maximum Gasteiger partial charge on any atom is 0.244 e. The van der Waals surface area contributed by atoms with E-state index in [9.17, 15) is 4.79 Å². The minimum Gasteiger partial charge on any atom is -0.396 e. The summed E-state index contributed by atoms with van der Waals surface area (Å²) < 4.78 is 1.66. The standard InChI is InChI=1S/C17H22N4O2/c1-13-16(7-4-10-22)18-19-21(13)12-17(23)20-9-8-14-5-2-3-6-15(14)11-20/h2-3,5-6,22H,4,7-12H2,1H3. The number of rotatable bonds is 5. The van der Waals surface area contributed by atoms with E-state index in [1.54, 1.807) is 4.68 Å². The average molecular weight is 314 g/mol. The predicted octanol–water partition coefficient (Wildman–Crippen LogP) is 1.10. The zero-order chi connectivity index (χ0) is 16.2. The summed E-state index contributed by atoms with van der Waals surface area (Å²) in [5, 5.41) is 17.1. The molecule has 122 valence electrons. The number of amides is 1.